The first-order valence-electron chi connectivity index (χ1n) is 13.6. The molecule has 1 aliphatic heterocycles. The van der Waals surface area contributed by atoms with Crippen molar-refractivity contribution in [2.75, 3.05) is 7.05 Å². The number of carboxylic acids is 1. The summed E-state index contributed by atoms with van der Waals surface area (Å²) in [5.74, 6) is 0.430. The number of nitrogens with zero attached hydrogens (tertiary/aromatic N) is 2. The summed E-state index contributed by atoms with van der Waals surface area (Å²) < 4.78 is 6.39. The minimum absolute atomic E-state index is 0.0140. The third-order valence-corrected chi connectivity index (χ3v) is 7.58. The third-order valence-electron chi connectivity index (χ3n) is 6.52. The summed E-state index contributed by atoms with van der Waals surface area (Å²) in [5.41, 5.74) is 4.79. The van der Waals surface area contributed by atoms with Gasteiger partial charge in [0, 0.05) is 7.05 Å². The highest BCUT2D eigenvalue weighted by molar-refractivity contribution is 8.18. The van der Waals surface area contributed by atoms with Crippen LogP contribution in [0.3, 0.4) is 0 Å². The molecule has 208 valence electrons. The topological polar surface area (TPSA) is 79.2 Å². The van der Waals surface area contributed by atoms with Crippen LogP contribution >= 0.6 is 11.8 Å². The molecule has 0 saturated carbocycles. The van der Waals surface area contributed by atoms with Crippen molar-refractivity contribution in [1.29, 1.82) is 0 Å². The van der Waals surface area contributed by atoms with Gasteiger partial charge < -0.3 is 9.84 Å². The van der Waals surface area contributed by atoms with Crippen LogP contribution in [0.1, 0.15) is 62.0 Å². The molecule has 40 heavy (non-hydrogen) atoms. The number of carboxylic acid groups (broad SMARTS) is 1. The standard InChI is InChI=1S/C33H36N2O4S/c1-5-6-29(26-13-7-23(8-14-26)19-22(2)3)39-28-17-11-24(12-18-28)20-30-32(38)35(4)33(40-30)34-27-15-9-25(10-16-27)21-31(36)37/h7-18,20,22,29H,5-6,19,21H2,1-4H3,(H,36,37)/b30-20+,34-33?. The van der Waals surface area contributed by atoms with Crippen molar-refractivity contribution in [3.63, 3.8) is 0 Å². The molecule has 1 heterocycles. The van der Waals surface area contributed by atoms with Crippen molar-refractivity contribution in [1.82, 2.24) is 4.90 Å². The monoisotopic (exact) mass is 556 g/mol. The van der Waals surface area contributed by atoms with Crippen LogP contribution in [-0.4, -0.2) is 34.1 Å². The highest BCUT2D eigenvalue weighted by atomic mass is 32.2. The second kappa shape index (κ2) is 13.5. The summed E-state index contributed by atoms with van der Waals surface area (Å²) in [4.78, 5) is 30.5. The van der Waals surface area contributed by atoms with Gasteiger partial charge in [-0.3, -0.25) is 14.5 Å². The number of likely N-dealkylation sites (N-methyl/N-ethyl adjacent to an activating group) is 1. The second-order valence-corrected chi connectivity index (χ2v) is 11.4. The highest BCUT2D eigenvalue weighted by Crippen LogP contribution is 2.34. The van der Waals surface area contributed by atoms with Crippen molar-refractivity contribution >= 4 is 40.6 Å². The Bertz CT molecular complexity index is 1380. The van der Waals surface area contributed by atoms with E-state index in [2.05, 4.69) is 50.0 Å². The second-order valence-electron chi connectivity index (χ2n) is 10.4. The maximum Gasteiger partial charge on any atom is 0.307 e. The molecule has 0 aromatic heterocycles. The van der Waals surface area contributed by atoms with Crippen LogP contribution in [-0.2, 0) is 22.4 Å². The molecule has 1 amide bonds. The normalized spacial score (nSPS) is 16.2. The van der Waals surface area contributed by atoms with Gasteiger partial charge in [0.25, 0.3) is 5.91 Å². The first kappa shape index (κ1) is 29.2. The van der Waals surface area contributed by atoms with Crippen molar-refractivity contribution in [3.05, 3.63) is 100.0 Å². The van der Waals surface area contributed by atoms with Crippen LogP contribution in [0.4, 0.5) is 5.69 Å². The quantitative estimate of drug-likeness (QED) is 0.245. The molecule has 6 nitrogen and oxygen atoms in total. The van der Waals surface area contributed by atoms with Crippen LogP contribution in [0.2, 0.25) is 0 Å². The van der Waals surface area contributed by atoms with Gasteiger partial charge in [0.2, 0.25) is 0 Å². The highest BCUT2D eigenvalue weighted by Gasteiger charge is 2.30. The summed E-state index contributed by atoms with van der Waals surface area (Å²) in [5, 5.41) is 9.52. The average Bonchev–Trinajstić information content (AvgIpc) is 3.18. The number of thioether (sulfide) groups is 1. The molecular formula is C33H36N2O4S. The van der Waals surface area contributed by atoms with Crippen LogP contribution in [0.25, 0.3) is 6.08 Å². The van der Waals surface area contributed by atoms with Gasteiger partial charge in [-0.2, -0.15) is 0 Å². The van der Waals surface area contributed by atoms with E-state index >= 15 is 0 Å². The van der Waals surface area contributed by atoms with Gasteiger partial charge in [0.15, 0.2) is 5.17 Å². The van der Waals surface area contributed by atoms with Gasteiger partial charge in [-0.1, -0.05) is 75.7 Å². The summed E-state index contributed by atoms with van der Waals surface area (Å²) >= 11 is 1.32. The van der Waals surface area contributed by atoms with Gasteiger partial charge in [-0.25, -0.2) is 4.99 Å². The van der Waals surface area contributed by atoms with Gasteiger partial charge in [0.05, 0.1) is 17.0 Å². The lowest BCUT2D eigenvalue weighted by Crippen LogP contribution is -2.23. The van der Waals surface area contributed by atoms with Crippen molar-refractivity contribution in [3.8, 4) is 5.75 Å². The van der Waals surface area contributed by atoms with E-state index in [0.29, 0.717) is 27.2 Å². The number of amides is 1. The maximum atomic E-state index is 12.9. The number of benzene rings is 3. The Balaban J connectivity index is 1.43. The number of aliphatic carboxylic acids is 1. The first-order chi connectivity index (χ1) is 19.2. The molecule has 0 spiro atoms. The average molecular weight is 557 g/mol. The number of ether oxygens (including phenoxy) is 1. The molecule has 4 rings (SSSR count). The number of carbonyl (C=O) groups excluding carboxylic acids is 1. The molecule has 1 atom stereocenters. The van der Waals surface area contributed by atoms with E-state index in [-0.39, 0.29) is 18.4 Å². The molecule has 1 N–H and O–H groups in total. The Morgan fingerprint density at radius 3 is 2.25 bits per heavy atom. The van der Waals surface area contributed by atoms with Gasteiger partial charge in [-0.05, 0) is 83.1 Å². The minimum Gasteiger partial charge on any atom is -0.486 e. The maximum absolute atomic E-state index is 12.9. The fourth-order valence-corrected chi connectivity index (χ4v) is 5.47. The Kier molecular flexibility index (Phi) is 9.83. The van der Waals surface area contributed by atoms with Gasteiger partial charge >= 0.3 is 5.97 Å². The van der Waals surface area contributed by atoms with E-state index in [9.17, 15) is 9.59 Å². The zero-order valence-corrected chi connectivity index (χ0v) is 24.3. The summed E-state index contributed by atoms with van der Waals surface area (Å²) in [6, 6.07) is 23.6. The van der Waals surface area contributed by atoms with Crippen LogP contribution in [0.5, 0.6) is 5.75 Å². The van der Waals surface area contributed by atoms with E-state index in [1.807, 2.05) is 30.3 Å². The molecule has 0 radical (unpaired) electrons. The molecule has 7 heteroatoms. The van der Waals surface area contributed by atoms with Crippen LogP contribution in [0, 0.1) is 5.92 Å². The van der Waals surface area contributed by atoms with Crippen molar-refractivity contribution in [2.45, 2.75) is 52.6 Å². The zero-order valence-electron chi connectivity index (χ0n) is 23.5. The molecule has 0 aliphatic carbocycles. The van der Waals surface area contributed by atoms with E-state index in [1.54, 1.807) is 31.3 Å². The van der Waals surface area contributed by atoms with E-state index in [0.717, 1.165) is 30.6 Å². The van der Waals surface area contributed by atoms with Crippen molar-refractivity contribution in [2.24, 2.45) is 10.9 Å². The number of rotatable bonds is 11. The lowest BCUT2D eigenvalue weighted by Gasteiger charge is -2.20. The van der Waals surface area contributed by atoms with E-state index < -0.39 is 5.97 Å². The fourth-order valence-electron chi connectivity index (χ4n) is 4.48. The molecule has 0 bridgehead atoms. The summed E-state index contributed by atoms with van der Waals surface area (Å²) in [6.07, 6.45) is 4.83. The number of hydrogen-bond donors (Lipinski definition) is 1. The minimum atomic E-state index is -0.877. The molecule has 3 aromatic carbocycles. The molecule has 1 saturated heterocycles. The first-order valence-corrected chi connectivity index (χ1v) is 14.5. The zero-order chi connectivity index (χ0) is 28.6. The SMILES string of the molecule is CCCC(Oc1ccc(/C=C2/SC(=Nc3ccc(CC(=O)O)cc3)N(C)C2=O)cc1)c1ccc(CC(C)C)cc1. The number of amidine groups is 1. The summed E-state index contributed by atoms with van der Waals surface area (Å²) in [6.45, 7) is 6.63. The fraction of sp³-hybridized carbons (Fsp3) is 0.303. The summed E-state index contributed by atoms with van der Waals surface area (Å²) in [7, 11) is 1.70. The molecule has 1 fully saturated rings. The largest absolute Gasteiger partial charge is 0.486 e. The van der Waals surface area contributed by atoms with E-state index in [4.69, 9.17) is 9.84 Å². The Morgan fingerprint density at radius 2 is 1.65 bits per heavy atom. The number of hydrogen-bond acceptors (Lipinski definition) is 5. The van der Waals surface area contributed by atoms with Crippen molar-refractivity contribution < 1.29 is 19.4 Å². The third kappa shape index (κ3) is 7.85. The lowest BCUT2D eigenvalue weighted by molar-refractivity contribution is -0.136. The molecule has 1 unspecified atom stereocenters. The smallest absolute Gasteiger partial charge is 0.307 e. The predicted octanol–water partition coefficient (Wildman–Crippen LogP) is 7.67. The van der Waals surface area contributed by atoms with Crippen LogP contribution in [0.15, 0.2) is 82.7 Å². The predicted molar refractivity (Wildman–Crippen MR) is 163 cm³/mol. The van der Waals surface area contributed by atoms with Gasteiger partial charge in [-0.15, -0.1) is 0 Å². The number of carbonyl (C=O) groups is 2. The Morgan fingerprint density at radius 1 is 1.00 bits per heavy atom. The lowest BCUT2D eigenvalue weighted by atomic mass is 9.99. The Hall–Kier alpha value is -3.84. The number of aliphatic imine (C=N–C) groups is 1. The molecule has 1 aliphatic rings. The molecule has 3 aromatic rings. The van der Waals surface area contributed by atoms with Gasteiger partial charge in [0.1, 0.15) is 11.9 Å². The Labute approximate surface area is 240 Å². The van der Waals surface area contributed by atoms with E-state index in [1.165, 1.54) is 27.8 Å². The molecular weight excluding hydrogens is 520 g/mol. The van der Waals surface area contributed by atoms with Crippen LogP contribution < -0.4 is 4.74 Å².